The van der Waals surface area contributed by atoms with Gasteiger partial charge in [0, 0.05) is 23.5 Å². The van der Waals surface area contributed by atoms with Gasteiger partial charge in [-0.3, -0.25) is 4.98 Å². The molecule has 0 saturated carbocycles. The molecule has 2 N–H and O–H groups in total. The molecule has 0 aliphatic carbocycles. The van der Waals surface area contributed by atoms with Gasteiger partial charge in [0.25, 0.3) is 0 Å². The van der Waals surface area contributed by atoms with E-state index < -0.39 is 0 Å². The van der Waals surface area contributed by atoms with E-state index in [1.54, 1.807) is 0 Å². The van der Waals surface area contributed by atoms with Gasteiger partial charge in [-0.05, 0) is 30.9 Å². The molecule has 0 amide bonds. The van der Waals surface area contributed by atoms with Crippen molar-refractivity contribution in [2.24, 2.45) is 11.7 Å². The van der Waals surface area contributed by atoms with Gasteiger partial charge in [0.1, 0.15) is 0 Å². The highest BCUT2D eigenvalue weighted by Crippen LogP contribution is 2.44. The molecule has 4 atom stereocenters. The van der Waals surface area contributed by atoms with E-state index in [1.807, 2.05) is 12.3 Å². The Balaban J connectivity index is 1.74. The number of nitrogens with two attached hydrogens (primary N) is 1. The average molecular weight is 254 g/mol. The van der Waals surface area contributed by atoms with Gasteiger partial charge in [-0.25, -0.2) is 0 Å². The summed E-state index contributed by atoms with van der Waals surface area (Å²) in [6, 6.07) is 10.4. The van der Waals surface area contributed by atoms with Crippen molar-refractivity contribution in [2.75, 3.05) is 0 Å². The third-order valence-corrected chi connectivity index (χ3v) is 4.64. The molecule has 3 heterocycles. The lowest BCUT2D eigenvalue weighted by Crippen LogP contribution is -2.29. The van der Waals surface area contributed by atoms with Gasteiger partial charge in [0.15, 0.2) is 0 Å². The van der Waals surface area contributed by atoms with Crippen LogP contribution >= 0.6 is 0 Å². The maximum atomic E-state index is 6.53. The number of nitrogens with zero attached hydrogens (tertiary/aromatic N) is 1. The highest BCUT2D eigenvalue weighted by molar-refractivity contribution is 5.82. The van der Waals surface area contributed by atoms with Gasteiger partial charge in [-0.15, -0.1) is 0 Å². The molecule has 0 spiro atoms. The van der Waals surface area contributed by atoms with Crippen LogP contribution in [0.2, 0.25) is 0 Å². The highest BCUT2D eigenvalue weighted by atomic mass is 16.5. The Kier molecular flexibility index (Phi) is 2.57. The van der Waals surface area contributed by atoms with Crippen molar-refractivity contribution in [3.63, 3.8) is 0 Å². The summed E-state index contributed by atoms with van der Waals surface area (Å²) in [5, 5.41) is 1.17. The van der Waals surface area contributed by atoms with Gasteiger partial charge in [0.05, 0.1) is 17.7 Å². The Morgan fingerprint density at radius 3 is 2.89 bits per heavy atom. The first kappa shape index (κ1) is 11.4. The summed E-state index contributed by atoms with van der Waals surface area (Å²) in [4.78, 5) is 4.51. The van der Waals surface area contributed by atoms with E-state index in [1.165, 1.54) is 23.8 Å². The van der Waals surface area contributed by atoms with Gasteiger partial charge in [-0.1, -0.05) is 24.3 Å². The topological polar surface area (TPSA) is 48.1 Å². The van der Waals surface area contributed by atoms with E-state index in [9.17, 15) is 0 Å². The first-order chi connectivity index (χ1) is 9.33. The standard InChI is InChI=1S/C16H18N2O/c17-15(13-9-11-6-7-14(13)19-11)12-5-1-3-10-4-2-8-18-16(10)12/h1-5,8,11,13-15H,6-7,9,17H2. The second kappa shape index (κ2) is 4.29. The summed E-state index contributed by atoms with van der Waals surface area (Å²) >= 11 is 0. The maximum absolute atomic E-state index is 6.53. The molecule has 0 radical (unpaired) electrons. The largest absolute Gasteiger partial charge is 0.375 e. The second-order valence-electron chi connectivity index (χ2n) is 5.72. The van der Waals surface area contributed by atoms with Crippen molar-refractivity contribution in [1.82, 2.24) is 4.98 Å². The summed E-state index contributed by atoms with van der Waals surface area (Å²) in [5.41, 5.74) is 8.74. The minimum Gasteiger partial charge on any atom is -0.375 e. The third kappa shape index (κ3) is 1.77. The third-order valence-electron chi connectivity index (χ3n) is 4.64. The number of hydrogen-bond acceptors (Lipinski definition) is 3. The second-order valence-corrected chi connectivity index (χ2v) is 5.72. The van der Waals surface area contributed by atoms with Gasteiger partial charge in [-0.2, -0.15) is 0 Å². The van der Waals surface area contributed by atoms with Crippen molar-refractivity contribution in [3.8, 4) is 0 Å². The molecule has 2 fully saturated rings. The number of fused-ring (bicyclic) bond motifs is 3. The Bertz CT molecular complexity index is 607. The van der Waals surface area contributed by atoms with Crippen LogP contribution in [0.4, 0.5) is 0 Å². The summed E-state index contributed by atoms with van der Waals surface area (Å²) in [5.74, 6) is 0.450. The normalized spacial score (nSPS) is 30.9. The zero-order valence-electron chi connectivity index (χ0n) is 10.8. The molecule has 2 bridgehead atoms. The number of benzene rings is 1. The molecule has 2 aliphatic heterocycles. The Morgan fingerprint density at radius 1 is 1.21 bits per heavy atom. The monoisotopic (exact) mass is 254 g/mol. The van der Waals surface area contributed by atoms with E-state index in [4.69, 9.17) is 10.5 Å². The van der Waals surface area contributed by atoms with Crippen LogP contribution in [-0.2, 0) is 4.74 Å². The molecule has 1 aromatic carbocycles. The minimum atomic E-state index is 0.0360. The quantitative estimate of drug-likeness (QED) is 0.896. The van der Waals surface area contributed by atoms with Crippen molar-refractivity contribution >= 4 is 10.9 Å². The molecule has 2 aliphatic rings. The first-order valence-electron chi connectivity index (χ1n) is 7.07. The number of hydrogen-bond donors (Lipinski definition) is 1. The fourth-order valence-corrected chi connectivity index (χ4v) is 3.68. The van der Waals surface area contributed by atoms with Crippen LogP contribution in [0.3, 0.4) is 0 Å². The van der Waals surface area contributed by atoms with Gasteiger partial charge >= 0.3 is 0 Å². The number of para-hydroxylation sites is 1. The summed E-state index contributed by atoms with van der Waals surface area (Å²) < 4.78 is 5.94. The van der Waals surface area contributed by atoms with Crippen molar-refractivity contribution in [2.45, 2.75) is 37.5 Å². The van der Waals surface area contributed by atoms with E-state index in [-0.39, 0.29) is 6.04 Å². The van der Waals surface area contributed by atoms with Crippen LogP contribution in [0.25, 0.3) is 10.9 Å². The smallest absolute Gasteiger partial charge is 0.0749 e. The molecule has 2 saturated heterocycles. The molecule has 4 rings (SSSR count). The molecular weight excluding hydrogens is 236 g/mol. The fourth-order valence-electron chi connectivity index (χ4n) is 3.68. The molecule has 2 aromatic rings. The number of pyridine rings is 1. The highest BCUT2D eigenvalue weighted by Gasteiger charge is 2.43. The van der Waals surface area contributed by atoms with Crippen molar-refractivity contribution in [1.29, 1.82) is 0 Å². The lowest BCUT2D eigenvalue weighted by Gasteiger charge is -2.26. The van der Waals surface area contributed by atoms with Crippen LogP contribution in [-0.4, -0.2) is 17.2 Å². The van der Waals surface area contributed by atoms with E-state index >= 15 is 0 Å². The molecule has 19 heavy (non-hydrogen) atoms. The molecule has 4 unspecified atom stereocenters. The van der Waals surface area contributed by atoms with E-state index in [0.717, 1.165) is 11.9 Å². The maximum Gasteiger partial charge on any atom is 0.0749 e. The molecule has 3 heteroatoms. The number of aromatic nitrogens is 1. The zero-order chi connectivity index (χ0) is 12.8. The minimum absolute atomic E-state index is 0.0360. The Morgan fingerprint density at radius 2 is 2.11 bits per heavy atom. The lowest BCUT2D eigenvalue weighted by atomic mass is 9.81. The summed E-state index contributed by atoms with van der Waals surface area (Å²) in [7, 11) is 0. The molecule has 1 aromatic heterocycles. The van der Waals surface area contributed by atoms with Gasteiger partial charge in [0.2, 0.25) is 0 Å². The van der Waals surface area contributed by atoms with Crippen LogP contribution in [0.1, 0.15) is 30.9 Å². The van der Waals surface area contributed by atoms with Crippen LogP contribution in [0.15, 0.2) is 36.5 Å². The molecular formula is C16H18N2O. The van der Waals surface area contributed by atoms with Gasteiger partial charge < -0.3 is 10.5 Å². The Labute approximate surface area is 112 Å². The predicted molar refractivity (Wildman–Crippen MR) is 74.7 cm³/mol. The lowest BCUT2D eigenvalue weighted by molar-refractivity contribution is 0.0885. The number of rotatable bonds is 2. The summed E-state index contributed by atoms with van der Waals surface area (Å²) in [6.07, 6.45) is 6.14. The fraction of sp³-hybridized carbons (Fsp3) is 0.438. The first-order valence-corrected chi connectivity index (χ1v) is 7.07. The Hall–Kier alpha value is -1.45. The summed E-state index contributed by atoms with van der Waals surface area (Å²) in [6.45, 7) is 0. The van der Waals surface area contributed by atoms with Crippen molar-refractivity contribution < 1.29 is 4.74 Å². The average Bonchev–Trinajstić information content (AvgIpc) is 3.08. The van der Waals surface area contributed by atoms with Crippen LogP contribution in [0.5, 0.6) is 0 Å². The number of ether oxygens (including phenoxy) is 1. The van der Waals surface area contributed by atoms with Crippen LogP contribution in [0, 0.1) is 5.92 Å². The molecule has 98 valence electrons. The SMILES string of the molecule is NC(c1cccc2cccnc12)C1CC2CCC1O2. The van der Waals surface area contributed by atoms with E-state index in [2.05, 4.69) is 29.2 Å². The van der Waals surface area contributed by atoms with Crippen LogP contribution < -0.4 is 5.73 Å². The zero-order valence-corrected chi connectivity index (χ0v) is 10.8. The van der Waals surface area contributed by atoms with E-state index in [0.29, 0.717) is 18.1 Å². The molecule has 3 nitrogen and oxygen atoms in total. The van der Waals surface area contributed by atoms with Crippen molar-refractivity contribution in [3.05, 3.63) is 42.1 Å². The predicted octanol–water partition coefficient (Wildman–Crippen LogP) is 2.80.